The van der Waals surface area contributed by atoms with Gasteiger partial charge in [0.2, 0.25) is 0 Å². The van der Waals surface area contributed by atoms with Crippen LogP contribution in [0.25, 0.3) is 10.8 Å². The van der Waals surface area contributed by atoms with E-state index >= 15 is 0 Å². The van der Waals surface area contributed by atoms with Gasteiger partial charge in [0.25, 0.3) is 0 Å². The second-order valence-electron chi connectivity index (χ2n) is 9.54. The van der Waals surface area contributed by atoms with Crippen LogP contribution in [0.5, 0.6) is 0 Å². The van der Waals surface area contributed by atoms with Gasteiger partial charge in [-0.2, -0.15) is 13.2 Å². The summed E-state index contributed by atoms with van der Waals surface area (Å²) >= 11 is 0. The van der Waals surface area contributed by atoms with Gasteiger partial charge in [-0.25, -0.2) is 0 Å². The molecule has 1 aliphatic carbocycles. The minimum absolute atomic E-state index is 0.0402. The van der Waals surface area contributed by atoms with E-state index in [1.165, 1.54) is 16.8 Å². The van der Waals surface area contributed by atoms with Crippen LogP contribution in [0.2, 0.25) is 0 Å². The Labute approximate surface area is 186 Å². The number of carbonyl (C=O) groups excluding carboxylic acids is 1. The topological polar surface area (TPSA) is 30.0 Å². The largest absolute Gasteiger partial charge is 0.399 e. The molecular formula is C27H28F3NO. The lowest BCUT2D eigenvalue weighted by atomic mass is 9.79. The zero-order valence-corrected chi connectivity index (χ0v) is 18.7. The summed E-state index contributed by atoms with van der Waals surface area (Å²) in [6, 6.07) is 17.7. The van der Waals surface area contributed by atoms with Crippen LogP contribution in [0.1, 0.15) is 62.0 Å². The highest BCUT2D eigenvalue weighted by molar-refractivity contribution is 5.84. The number of alkyl halides is 3. The van der Waals surface area contributed by atoms with Crippen molar-refractivity contribution in [1.82, 2.24) is 4.98 Å². The average molecular weight is 440 g/mol. The molecule has 0 N–H and O–H groups in total. The van der Waals surface area contributed by atoms with E-state index in [9.17, 15) is 18.0 Å². The van der Waals surface area contributed by atoms with Crippen molar-refractivity contribution in [1.29, 1.82) is 0 Å². The monoisotopic (exact) mass is 439 g/mol. The quantitative estimate of drug-likeness (QED) is 0.431. The van der Waals surface area contributed by atoms with E-state index in [-0.39, 0.29) is 23.3 Å². The zero-order chi connectivity index (χ0) is 23.1. The molecule has 4 rings (SSSR count). The molecule has 32 heavy (non-hydrogen) atoms. The first-order valence-electron chi connectivity index (χ1n) is 11.1. The number of aromatic nitrogens is 1. The van der Waals surface area contributed by atoms with Gasteiger partial charge in [-0.1, -0.05) is 55.5 Å². The van der Waals surface area contributed by atoms with Crippen molar-refractivity contribution in [2.45, 2.75) is 64.0 Å². The Morgan fingerprint density at radius 2 is 1.78 bits per heavy atom. The molecule has 0 saturated heterocycles. The number of nitrogens with zero attached hydrogens (tertiary/aromatic N) is 1. The highest BCUT2D eigenvalue weighted by Crippen LogP contribution is 2.40. The maximum Gasteiger partial charge on any atom is 0.399 e. The normalized spacial score (nSPS) is 17.8. The number of halogens is 3. The Morgan fingerprint density at radius 1 is 1.06 bits per heavy atom. The number of hydrogen-bond acceptors (Lipinski definition) is 2. The average Bonchev–Trinajstić information content (AvgIpc) is 2.77. The van der Waals surface area contributed by atoms with Crippen LogP contribution in [-0.4, -0.2) is 16.9 Å². The molecule has 0 saturated carbocycles. The molecule has 1 aromatic heterocycles. The van der Waals surface area contributed by atoms with Gasteiger partial charge in [0.15, 0.2) is 0 Å². The minimum atomic E-state index is -4.36. The van der Waals surface area contributed by atoms with Gasteiger partial charge in [-0.15, -0.1) is 0 Å². The van der Waals surface area contributed by atoms with E-state index < -0.39 is 11.6 Å². The maximum atomic E-state index is 13.4. The van der Waals surface area contributed by atoms with Gasteiger partial charge < -0.3 is 0 Å². The zero-order valence-electron chi connectivity index (χ0n) is 18.7. The number of pyridine rings is 1. The summed E-state index contributed by atoms with van der Waals surface area (Å²) < 4.78 is 40.1. The van der Waals surface area contributed by atoms with Crippen LogP contribution in [0, 0.1) is 5.92 Å². The van der Waals surface area contributed by atoms with E-state index in [0.29, 0.717) is 31.4 Å². The summed E-state index contributed by atoms with van der Waals surface area (Å²) in [6.45, 7) is 4.39. The summed E-state index contributed by atoms with van der Waals surface area (Å²) in [6.07, 6.45) is -2.17. The van der Waals surface area contributed by atoms with Gasteiger partial charge in [-0.05, 0) is 67.0 Å². The van der Waals surface area contributed by atoms with Crippen LogP contribution in [0.4, 0.5) is 13.2 Å². The third-order valence-electron chi connectivity index (χ3n) is 6.92. The summed E-state index contributed by atoms with van der Waals surface area (Å²) in [5.74, 6) is 0.228. The summed E-state index contributed by atoms with van der Waals surface area (Å²) in [4.78, 5) is 17.4. The fourth-order valence-corrected chi connectivity index (χ4v) is 4.48. The molecule has 1 aliphatic rings. The molecular weight excluding hydrogens is 411 g/mol. The third-order valence-corrected chi connectivity index (χ3v) is 6.92. The smallest absolute Gasteiger partial charge is 0.299 e. The molecule has 0 spiro atoms. The van der Waals surface area contributed by atoms with Crippen molar-refractivity contribution < 1.29 is 18.0 Å². The van der Waals surface area contributed by atoms with Gasteiger partial charge >= 0.3 is 6.18 Å². The number of hydrogen-bond donors (Lipinski definition) is 0. The van der Waals surface area contributed by atoms with E-state index in [1.54, 1.807) is 6.07 Å². The van der Waals surface area contributed by atoms with Gasteiger partial charge in [0.05, 0.1) is 5.69 Å². The number of carbonyl (C=O) groups is 1. The van der Waals surface area contributed by atoms with Crippen molar-refractivity contribution in [3.05, 3.63) is 77.1 Å². The second-order valence-corrected chi connectivity index (χ2v) is 9.54. The minimum Gasteiger partial charge on any atom is -0.299 e. The number of aryl methyl sites for hydroxylation is 1. The molecule has 168 valence electrons. The molecule has 3 aromatic rings. The standard InChI is InChI=1S/C27H28F3NO/c1-17(19-9-8-18-6-4-5-7-20(18)15-19)14-24(32)22-10-12-23-21(16-22)11-13-25(31-23)26(2,3)27(28,29)30/h4-9,11,13,15,17,22H,10,12,14,16H2,1-3H3/t17?,22-/m1/s1. The van der Waals surface area contributed by atoms with Gasteiger partial charge in [-0.3, -0.25) is 9.78 Å². The molecule has 0 amide bonds. The lowest BCUT2D eigenvalue weighted by Gasteiger charge is -2.30. The summed E-state index contributed by atoms with van der Waals surface area (Å²) in [7, 11) is 0. The van der Waals surface area contributed by atoms with Crippen molar-refractivity contribution in [2.75, 3.05) is 0 Å². The third kappa shape index (κ3) is 4.30. The van der Waals surface area contributed by atoms with Crippen LogP contribution < -0.4 is 0 Å². The highest BCUT2D eigenvalue weighted by Gasteiger charge is 2.49. The fourth-order valence-electron chi connectivity index (χ4n) is 4.48. The Morgan fingerprint density at radius 3 is 2.50 bits per heavy atom. The Balaban J connectivity index is 1.45. The van der Waals surface area contributed by atoms with Crippen molar-refractivity contribution in [2.24, 2.45) is 5.92 Å². The van der Waals surface area contributed by atoms with Gasteiger partial charge in [0, 0.05) is 18.0 Å². The molecule has 0 bridgehead atoms. The first-order chi connectivity index (χ1) is 15.1. The van der Waals surface area contributed by atoms with Crippen molar-refractivity contribution >= 4 is 16.6 Å². The molecule has 2 atom stereocenters. The lowest BCUT2D eigenvalue weighted by molar-refractivity contribution is -0.181. The van der Waals surface area contributed by atoms with E-state index in [4.69, 9.17) is 0 Å². The Bertz CT molecular complexity index is 1150. The molecule has 0 radical (unpaired) electrons. The van der Waals surface area contributed by atoms with Gasteiger partial charge in [0.1, 0.15) is 11.2 Å². The predicted octanol–water partition coefficient (Wildman–Crippen LogP) is 6.94. The molecule has 1 heterocycles. The first-order valence-corrected chi connectivity index (χ1v) is 11.1. The second kappa shape index (κ2) is 8.34. The fraction of sp³-hybridized carbons (Fsp3) is 0.407. The number of rotatable bonds is 5. The number of benzene rings is 2. The molecule has 5 heteroatoms. The maximum absolute atomic E-state index is 13.4. The molecule has 1 unspecified atom stereocenters. The van der Waals surface area contributed by atoms with Crippen LogP contribution in [0.15, 0.2) is 54.6 Å². The number of fused-ring (bicyclic) bond motifs is 2. The molecule has 0 aliphatic heterocycles. The number of Topliss-reactive ketones (excluding diaryl/α,β-unsaturated/α-hetero) is 1. The van der Waals surface area contributed by atoms with Crippen LogP contribution in [0.3, 0.4) is 0 Å². The summed E-state index contributed by atoms with van der Waals surface area (Å²) in [5.41, 5.74) is 0.790. The van der Waals surface area contributed by atoms with Crippen LogP contribution >= 0.6 is 0 Å². The SMILES string of the molecule is CC(CC(=O)[C@@H]1CCc2nc(C(C)(C)C(F)(F)F)ccc2C1)c1ccc2ccccc2c1. The van der Waals surface area contributed by atoms with E-state index in [0.717, 1.165) is 25.0 Å². The molecule has 0 fully saturated rings. The van der Waals surface area contributed by atoms with E-state index in [1.807, 2.05) is 12.1 Å². The summed E-state index contributed by atoms with van der Waals surface area (Å²) in [5, 5.41) is 2.35. The highest BCUT2D eigenvalue weighted by atomic mass is 19.4. The predicted molar refractivity (Wildman–Crippen MR) is 121 cm³/mol. The molecule has 2 aromatic carbocycles. The Kier molecular flexibility index (Phi) is 5.87. The first kappa shape index (κ1) is 22.5. The number of ketones is 1. The van der Waals surface area contributed by atoms with Crippen molar-refractivity contribution in [3.63, 3.8) is 0 Å². The molecule has 2 nitrogen and oxygen atoms in total. The van der Waals surface area contributed by atoms with E-state index in [2.05, 4.69) is 42.2 Å². The Hall–Kier alpha value is -2.69. The van der Waals surface area contributed by atoms with Crippen LogP contribution in [-0.2, 0) is 23.1 Å². The lowest BCUT2D eigenvalue weighted by Crippen LogP contribution is -2.37. The van der Waals surface area contributed by atoms with Crippen molar-refractivity contribution in [3.8, 4) is 0 Å².